The number of carbonyl (C=O) groups excluding carboxylic acids is 1. The summed E-state index contributed by atoms with van der Waals surface area (Å²) < 4.78 is 1.62. The number of aryl methyl sites for hydroxylation is 1. The Bertz CT molecular complexity index is 554. The average molecular weight is 278 g/mol. The van der Waals surface area contributed by atoms with Crippen molar-refractivity contribution in [2.45, 2.75) is 25.4 Å². The summed E-state index contributed by atoms with van der Waals surface area (Å²) in [4.78, 5) is 27.0. The molecule has 1 unspecified atom stereocenters. The quantitative estimate of drug-likeness (QED) is 0.837. The van der Waals surface area contributed by atoms with Gasteiger partial charge in [0.05, 0.1) is 11.9 Å². The van der Waals surface area contributed by atoms with Crippen LogP contribution in [-0.4, -0.2) is 62.2 Å². The lowest BCUT2D eigenvalue weighted by molar-refractivity contribution is -0.130. The number of aromatic nitrogens is 2. The molecule has 1 atom stereocenters. The summed E-state index contributed by atoms with van der Waals surface area (Å²) in [5.41, 5.74) is 0.979. The number of fused-ring (bicyclic) bond motifs is 1. The summed E-state index contributed by atoms with van der Waals surface area (Å²) >= 11 is 0. The first kappa shape index (κ1) is 13.1. The highest BCUT2D eigenvalue weighted by Crippen LogP contribution is 2.24. The summed E-state index contributed by atoms with van der Waals surface area (Å²) in [5.74, 6) is -0.691. The maximum atomic E-state index is 11.6. The highest BCUT2D eigenvalue weighted by molar-refractivity contribution is 5.88. The molecule has 2 aliphatic heterocycles. The minimum absolute atomic E-state index is 0.251. The Morgan fingerprint density at radius 1 is 1.50 bits per heavy atom. The third-order valence-corrected chi connectivity index (χ3v) is 4.24. The van der Waals surface area contributed by atoms with Gasteiger partial charge in [0.2, 0.25) is 5.91 Å². The second-order valence-electron chi connectivity index (χ2n) is 5.45. The van der Waals surface area contributed by atoms with E-state index in [0.717, 1.165) is 31.7 Å². The van der Waals surface area contributed by atoms with Gasteiger partial charge in [-0.25, -0.2) is 4.79 Å². The van der Waals surface area contributed by atoms with Crippen molar-refractivity contribution in [1.82, 2.24) is 19.6 Å². The van der Waals surface area contributed by atoms with Crippen LogP contribution in [0, 0.1) is 0 Å². The molecule has 0 aromatic carbocycles. The topological polar surface area (TPSA) is 78.7 Å². The Morgan fingerprint density at radius 3 is 3.05 bits per heavy atom. The smallest absolute Gasteiger partial charge is 0.339 e. The first-order valence-corrected chi connectivity index (χ1v) is 6.82. The van der Waals surface area contributed by atoms with Crippen molar-refractivity contribution in [3.05, 3.63) is 17.5 Å². The van der Waals surface area contributed by atoms with Gasteiger partial charge >= 0.3 is 5.97 Å². The third kappa shape index (κ3) is 2.18. The molecular formula is C13H18N4O3. The molecule has 0 saturated carbocycles. The fourth-order valence-electron chi connectivity index (χ4n) is 3.11. The van der Waals surface area contributed by atoms with Crippen LogP contribution in [0.25, 0.3) is 0 Å². The van der Waals surface area contributed by atoms with Gasteiger partial charge in [-0.1, -0.05) is 0 Å². The Balaban J connectivity index is 1.72. The van der Waals surface area contributed by atoms with E-state index < -0.39 is 5.97 Å². The molecule has 2 fully saturated rings. The Hall–Kier alpha value is -1.89. The molecule has 3 rings (SSSR count). The number of carbonyl (C=O) groups is 2. The zero-order valence-electron chi connectivity index (χ0n) is 11.4. The van der Waals surface area contributed by atoms with Crippen LogP contribution in [0.5, 0.6) is 0 Å². The van der Waals surface area contributed by atoms with Crippen LogP contribution in [0.2, 0.25) is 0 Å². The average Bonchev–Trinajstić information content (AvgIpc) is 2.95. The van der Waals surface area contributed by atoms with E-state index in [-0.39, 0.29) is 17.5 Å². The molecule has 1 N–H and O–H groups in total. The van der Waals surface area contributed by atoms with Crippen LogP contribution >= 0.6 is 0 Å². The molecule has 20 heavy (non-hydrogen) atoms. The van der Waals surface area contributed by atoms with Gasteiger partial charge in [-0.3, -0.25) is 14.4 Å². The van der Waals surface area contributed by atoms with Crippen LogP contribution in [0.3, 0.4) is 0 Å². The molecule has 7 heteroatoms. The summed E-state index contributed by atoms with van der Waals surface area (Å²) in [6.45, 7) is 2.91. The van der Waals surface area contributed by atoms with E-state index in [1.165, 1.54) is 6.20 Å². The van der Waals surface area contributed by atoms with Crippen molar-refractivity contribution < 1.29 is 14.7 Å². The zero-order valence-corrected chi connectivity index (χ0v) is 11.4. The van der Waals surface area contributed by atoms with Crippen molar-refractivity contribution in [3.63, 3.8) is 0 Å². The van der Waals surface area contributed by atoms with E-state index in [4.69, 9.17) is 5.11 Å². The predicted octanol–water partition coefficient (Wildman–Crippen LogP) is -0.0751. The van der Waals surface area contributed by atoms with E-state index in [9.17, 15) is 9.59 Å². The fourth-order valence-corrected chi connectivity index (χ4v) is 3.11. The molecule has 2 saturated heterocycles. The maximum Gasteiger partial charge on any atom is 0.339 e. The van der Waals surface area contributed by atoms with Gasteiger partial charge in [0.1, 0.15) is 5.56 Å². The van der Waals surface area contributed by atoms with E-state index in [2.05, 4.69) is 10.00 Å². The van der Waals surface area contributed by atoms with Crippen LogP contribution < -0.4 is 0 Å². The van der Waals surface area contributed by atoms with Gasteiger partial charge in [0.15, 0.2) is 0 Å². The van der Waals surface area contributed by atoms with Gasteiger partial charge in [-0.05, 0) is 6.42 Å². The number of amides is 1. The van der Waals surface area contributed by atoms with Crippen molar-refractivity contribution >= 4 is 11.9 Å². The van der Waals surface area contributed by atoms with Crippen LogP contribution in [-0.2, 0) is 18.4 Å². The summed E-state index contributed by atoms with van der Waals surface area (Å²) in [6, 6.07) is 0.290. The van der Waals surface area contributed by atoms with E-state index in [1.54, 1.807) is 11.7 Å². The molecule has 1 amide bonds. The van der Waals surface area contributed by atoms with E-state index >= 15 is 0 Å². The first-order valence-electron chi connectivity index (χ1n) is 6.82. The second-order valence-corrected chi connectivity index (χ2v) is 5.45. The minimum atomic E-state index is -0.942. The fraction of sp³-hybridized carbons (Fsp3) is 0.615. The van der Waals surface area contributed by atoms with E-state index in [0.29, 0.717) is 13.0 Å². The molecule has 108 valence electrons. The van der Waals surface area contributed by atoms with Gasteiger partial charge in [0, 0.05) is 45.7 Å². The number of aromatic carboxylic acids is 1. The Kier molecular flexibility index (Phi) is 3.21. The number of carboxylic acids is 1. The molecule has 2 aliphatic rings. The number of carboxylic acid groups (broad SMARTS) is 1. The van der Waals surface area contributed by atoms with E-state index in [1.807, 2.05) is 4.90 Å². The highest BCUT2D eigenvalue weighted by Gasteiger charge is 2.35. The minimum Gasteiger partial charge on any atom is -0.478 e. The van der Waals surface area contributed by atoms with Crippen LogP contribution in [0.4, 0.5) is 0 Å². The van der Waals surface area contributed by atoms with Gasteiger partial charge in [-0.2, -0.15) is 5.10 Å². The Morgan fingerprint density at radius 2 is 2.30 bits per heavy atom. The normalized spacial score (nSPS) is 23.1. The van der Waals surface area contributed by atoms with Gasteiger partial charge in [-0.15, -0.1) is 0 Å². The molecule has 3 heterocycles. The molecule has 1 aromatic rings. The molecule has 0 spiro atoms. The molecule has 0 bridgehead atoms. The second kappa shape index (κ2) is 4.90. The number of hydrogen-bond acceptors (Lipinski definition) is 4. The number of nitrogens with zero attached hydrogens (tertiary/aromatic N) is 4. The SMILES string of the molecule is Cn1ncc(C(=O)O)c1CN1CCN2C(=O)CCC2C1. The molecular weight excluding hydrogens is 260 g/mol. The van der Waals surface area contributed by atoms with Gasteiger partial charge in [0.25, 0.3) is 0 Å². The first-order chi connectivity index (χ1) is 9.56. The van der Waals surface area contributed by atoms with Crippen molar-refractivity contribution in [2.24, 2.45) is 7.05 Å². The lowest BCUT2D eigenvalue weighted by Crippen LogP contribution is -2.51. The zero-order chi connectivity index (χ0) is 14.3. The summed E-state index contributed by atoms with van der Waals surface area (Å²) in [7, 11) is 1.76. The summed E-state index contributed by atoms with van der Waals surface area (Å²) in [5, 5.41) is 13.2. The number of hydrogen-bond donors (Lipinski definition) is 1. The summed E-state index contributed by atoms with van der Waals surface area (Å²) in [6.07, 6.45) is 2.95. The highest BCUT2D eigenvalue weighted by atomic mass is 16.4. The lowest BCUT2D eigenvalue weighted by Gasteiger charge is -2.37. The largest absolute Gasteiger partial charge is 0.478 e. The van der Waals surface area contributed by atoms with Crippen LogP contribution in [0.15, 0.2) is 6.20 Å². The standard InChI is InChI=1S/C13H18N4O3/c1-15-11(10(6-14-15)13(19)20)8-16-4-5-17-9(7-16)2-3-12(17)18/h6,9H,2-5,7-8H2,1H3,(H,19,20). The molecule has 0 aliphatic carbocycles. The van der Waals surface area contributed by atoms with Gasteiger partial charge < -0.3 is 10.0 Å². The molecule has 0 radical (unpaired) electrons. The van der Waals surface area contributed by atoms with Crippen LogP contribution in [0.1, 0.15) is 28.9 Å². The number of piperazine rings is 1. The molecule has 7 nitrogen and oxygen atoms in total. The molecule has 1 aromatic heterocycles. The predicted molar refractivity (Wildman–Crippen MR) is 70.2 cm³/mol. The maximum absolute atomic E-state index is 11.6. The van der Waals surface area contributed by atoms with Crippen molar-refractivity contribution in [2.75, 3.05) is 19.6 Å². The van der Waals surface area contributed by atoms with Crippen molar-refractivity contribution in [3.8, 4) is 0 Å². The third-order valence-electron chi connectivity index (χ3n) is 4.24. The van der Waals surface area contributed by atoms with Crippen molar-refractivity contribution in [1.29, 1.82) is 0 Å². The Labute approximate surface area is 116 Å². The lowest BCUT2D eigenvalue weighted by atomic mass is 10.1. The number of rotatable bonds is 3. The monoisotopic (exact) mass is 278 g/mol.